The summed E-state index contributed by atoms with van der Waals surface area (Å²) in [5, 5.41) is 23.7. The molecule has 136 valence electrons. The van der Waals surface area contributed by atoms with Gasteiger partial charge in [-0.15, -0.1) is 0 Å². The molecule has 0 radical (unpaired) electrons. The van der Waals surface area contributed by atoms with Gasteiger partial charge >= 0.3 is 0 Å². The molecule has 1 aliphatic rings. The molecule has 26 heavy (non-hydrogen) atoms. The van der Waals surface area contributed by atoms with Crippen LogP contribution in [0.2, 0.25) is 0 Å². The standard InChI is InChI=1S/C17H19N5O4/c23-12-3-5-22(6-4-12)10-13-8-16(19-25-13)17(24)18-9-11-1-2-14-15(7-11)21-26-20-14/h1-2,7-8,12,23H,3-6,9-10H2,(H,18,24). The van der Waals surface area contributed by atoms with Crippen molar-refractivity contribution in [2.24, 2.45) is 0 Å². The average molecular weight is 357 g/mol. The molecule has 1 amide bonds. The van der Waals surface area contributed by atoms with Gasteiger partial charge in [0.1, 0.15) is 11.0 Å². The van der Waals surface area contributed by atoms with E-state index >= 15 is 0 Å². The summed E-state index contributed by atoms with van der Waals surface area (Å²) in [4.78, 5) is 14.4. The van der Waals surface area contributed by atoms with E-state index in [1.165, 1.54) is 0 Å². The highest BCUT2D eigenvalue weighted by Gasteiger charge is 2.19. The number of piperidine rings is 1. The van der Waals surface area contributed by atoms with Crippen molar-refractivity contribution in [3.05, 3.63) is 41.3 Å². The Kier molecular flexibility index (Phi) is 4.63. The highest BCUT2D eigenvalue weighted by atomic mass is 16.6. The van der Waals surface area contributed by atoms with Crippen molar-refractivity contribution in [1.82, 2.24) is 25.7 Å². The monoisotopic (exact) mass is 357 g/mol. The largest absolute Gasteiger partial charge is 0.393 e. The summed E-state index contributed by atoms with van der Waals surface area (Å²) < 4.78 is 9.93. The van der Waals surface area contributed by atoms with Crippen molar-refractivity contribution < 1.29 is 19.1 Å². The molecule has 3 heterocycles. The first-order valence-corrected chi connectivity index (χ1v) is 8.53. The molecule has 9 heteroatoms. The normalized spacial score (nSPS) is 16.2. The van der Waals surface area contributed by atoms with E-state index in [0.29, 0.717) is 29.9 Å². The molecule has 1 aliphatic heterocycles. The Hall–Kier alpha value is -2.78. The van der Waals surface area contributed by atoms with Gasteiger partial charge in [-0.05, 0) is 40.9 Å². The zero-order valence-electron chi connectivity index (χ0n) is 14.1. The van der Waals surface area contributed by atoms with Crippen LogP contribution in [0.3, 0.4) is 0 Å². The number of likely N-dealkylation sites (tertiary alicyclic amines) is 1. The number of carbonyl (C=O) groups excluding carboxylic acids is 1. The molecule has 1 fully saturated rings. The minimum Gasteiger partial charge on any atom is -0.393 e. The molecule has 0 bridgehead atoms. The first-order valence-electron chi connectivity index (χ1n) is 8.53. The zero-order valence-corrected chi connectivity index (χ0v) is 14.1. The molecular weight excluding hydrogens is 338 g/mol. The number of nitrogens with one attached hydrogen (secondary N) is 1. The number of benzene rings is 1. The Morgan fingerprint density at radius 3 is 2.85 bits per heavy atom. The molecular formula is C17H19N5O4. The number of aromatic nitrogens is 3. The van der Waals surface area contributed by atoms with Gasteiger partial charge in [0.25, 0.3) is 5.91 Å². The maximum Gasteiger partial charge on any atom is 0.273 e. The van der Waals surface area contributed by atoms with Crippen molar-refractivity contribution in [2.75, 3.05) is 13.1 Å². The number of carbonyl (C=O) groups is 1. The van der Waals surface area contributed by atoms with E-state index in [9.17, 15) is 9.90 Å². The molecule has 4 rings (SSSR count). The van der Waals surface area contributed by atoms with E-state index < -0.39 is 0 Å². The average Bonchev–Trinajstić information content (AvgIpc) is 3.30. The topological polar surface area (TPSA) is 118 Å². The Morgan fingerprint density at radius 1 is 1.19 bits per heavy atom. The first-order chi connectivity index (χ1) is 12.7. The predicted molar refractivity (Wildman–Crippen MR) is 90.0 cm³/mol. The molecule has 1 saturated heterocycles. The second-order valence-corrected chi connectivity index (χ2v) is 6.46. The second-order valence-electron chi connectivity index (χ2n) is 6.46. The van der Waals surface area contributed by atoms with Crippen LogP contribution in [-0.4, -0.2) is 50.6 Å². The summed E-state index contributed by atoms with van der Waals surface area (Å²) in [5.41, 5.74) is 2.46. The first kappa shape index (κ1) is 16.7. The predicted octanol–water partition coefficient (Wildman–Crippen LogP) is 1.10. The van der Waals surface area contributed by atoms with Gasteiger partial charge < -0.3 is 14.9 Å². The van der Waals surface area contributed by atoms with Gasteiger partial charge in [0.2, 0.25) is 0 Å². The lowest BCUT2D eigenvalue weighted by atomic mass is 10.1. The van der Waals surface area contributed by atoms with Crippen LogP contribution in [0, 0.1) is 0 Å². The summed E-state index contributed by atoms with van der Waals surface area (Å²) >= 11 is 0. The summed E-state index contributed by atoms with van der Waals surface area (Å²) in [7, 11) is 0. The van der Waals surface area contributed by atoms with Crippen LogP contribution in [0.15, 0.2) is 33.4 Å². The minimum atomic E-state index is -0.299. The summed E-state index contributed by atoms with van der Waals surface area (Å²) in [6.07, 6.45) is 1.30. The lowest BCUT2D eigenvalue weighted by molar-refractivity contribution is 0.0748. The van der Waals surface area contributed by atoms with Gasteiger partial charge in [-0.2, -0.15) is 0 Å². The minimum absolute atomic E-state index is 0.213. The van der Waals surface area contributed by atoms with Gasteiger partial charge in [0.15, 0.2) is 11.5 Å². The van der Waals surface area contributed by atoms with Crippen molar-refractivity contribution in [3.63, 3.8) is 0 Å². The lowest BCUT2D eigenvalue weighted by Crippen LogP contribution is -2.35. The quantitative estimate of drug-likeness (QED) is 0.697. The number of fused-ring (bicyclic) bond motifs is 1. The molecule has 0 aliphatic carbocycles. The van der Waals surface area contributed by atoms with E-state index in [1.807, 2.05) is 12.1 Å². The zero-order chi connectivity index (χ0) is 17.9. The maximum absolute atomic E-state index is 12.3. The molecule has 2 N–H and O–H groups in total. The fourth-order valence-corrected chi connectivity index (χ4v) is 3.00. The van der Waals surface area contributed by atoms with E-state index in [2.05, 4.69) is 30.3 Å². The summed E-state index contributed by atoms with van der Waals surface area (Å²) in [6, 6.07) is 7.11. The third kappa shape index (κ3) is 3.73. The van der Waals surface area contributed by atoms with Gasteiger partial charge in [-0.3, -0.25) is 9.69 Å². The van der Waals surface area contributed by atoms with Crippen LogP contribution in [0.1, 0.15) is 34.7 Å². The number of rotatable bonds is 5. The van der Waals surface area contributed by atoms with Gasteiger partial charge in [0.05, 0.1) is 12.6 Å². The number of nitrogens with zero attached hydrogens (tertiary/aromatic N) is 4. The van der Waals surface area contributed by atoms with Gasteiger partial charge in [-0.1, -0.05) is 11.2 Å². The van der Waals surface area contributed by atoms with Crippen LogP contribution in [0.5, 0.6) is 0 Å². The maximum atomic E-state index is 12.3. The molecule has 0 spiro atoms. The molecule has 0 atom stereocenters. The smallest absolute Gasteiger partial charge is 0.273 e. The number of aliphatic hydroxyl groups is 1. The van der Waals surface area contributed by atoms with Crippen molar-refractivity contribution >= 4 is 16.9 Å². The van der Waals surface area contributed by atoms with Crippen molar-refractivity contribution in [3.8, 4) is 0 Å². The van der Waals surface area contributed by atoms with Crippen molar-refractivity contribution in [2.45, 2.75) is 32.0 Å². The van der Waals surface area contributed by atoms with Crippen LogP contribution >= 0.6 is 0 Å². The highest BCUT2D eigenvalue weighted by molar-refractivity contribution is 5.92. The van der Waals surface area contributed by atoms with Crippen LogP contribution in [0.4, 0.5) is 0 Å². The Balaban J connectivity index is 1.32. The molecule has 0 saturated carbocycles. The molecule has 3 aromatic rings. The number of amides is 1. The SMILES string of the molecule is O=C(NCc1ccc2nonc2c1)c1cc(CN2CCC(O)CC2)on1. The third-order valence-electron chi connectivity index (χ3n) is 4.50. The number of hydrogen-bond acceptors (Lipinski definition) is 8. The Bertz CT molecular complexity index is 897. The van der Waals surface area contributed by atoms with Gasteiger partial charge in [-0.25, -0.2) is 4.63 Å². The fourth-order valence-electron chi connectivity index (χ4n) is 3.00. The van der Waals surface area contributed by atoms with E-state index in [4.69, 9.17) is 4.52 Å². The van der Waals surface area contributed by atoms with Crippen LogP contribution in [-0.2, 0) is 13.1 Å². The van der Waals surface area contributed by atoms with Crippen LogP contribution in [0.25, 0.3) is 11.0 Å². The van der Waals surface area contributed by atoms with E-state index in [0.717, 1.165) is 31.5 Å². The summed E-state index contributed by atoms with van der Waals surface area (Å²) in [5.74, 6) is 0.342. The molecule has 0 unspecified atom stereocenters. The third-order valence-corrected chi connectivity index (χ3v) is 4.50. The highest BCUT2D eigenvalue weighted by Crippen LogP contribution is 2.15. The molecule has 2 aromatic heterocycles. The lowest BCUT2D eigenvalue weighted by Gasteiger charge is -2.28. The molecule has 9 nitrogen and oxygen atoms in total. The van der Waals surface area contributed by atoms with E-state index in [1.54, 1.807) is 12.1 Å². The Labute approximate surface area is 148 Å². The van der Waals surface area contributed by atoms with E-state index in [-0.39, 0.29) is 17.7 Å². The Morgan fingerprint density at radius 2 is 2.00 bits per heavy atom. The van der Waals surface area contributed by atoms with Crippen molar-refractivity contribution in [1.29, 1.82) is 0 Å². The summed E-state index contributed by atoms with van der Waals surface area (Å²) in [6.45, 7) is 2.54. The second kappa shape index (κ2) is 7.22. The molecule has 1 aromatic carbocycles. The number of aliphatic hydroxyl groups excluding tert-OH is 1. The van der Waals surface area contributed by atoms with Gasteiger partial charge in [0, 0.05) is 25.7 Å². The van der Waals surface area contributed by atoms with Crippen LogP contribution < -0.4 is 5.32 Å². The fraction of sp³-hybridized carbons (Fsp3) is 0.412. The number of hydrogen-bond donors (Lipinski definition) is 2.